The molecule has 0 amide bonds. The molecule has 2 N–H and O–H groups in total. The summed E-state index contributed by atoms with van der Waals surface area (Å²) < 4.78 is 44.2. The molecular formula is C9H4ClF3N2O. The van der Waals surface area contributed by atoms with Gasteiger partial charge in [0.2, 0.25) is 0 Å². The highest BCUT2D eigenvalue weighted by Crippen LogP contribution is 2.32. The van der Waals surface area contributed by atoms with Crippen LogP contribution in [0.1, 0.15) is 0 Å². The Hall–Kier alpha value is -1.69. The molecule has 0 fully saturated rings. The Bertz CT molecular complexity index is 556. The van der Waals surface area contributed by atoms with E-state index in [9.17, 15) is 13.2 Å². The van der Waals surface area contributed by atoms with E-state index in [-0.39, 0.29) is 11.6 Å². The number of nitrogens with zero attached hydrogens (tertiary/aromatic N) is 1. The van der Waals surface area contributed by atoms with Gasteiger partial charge in [0, 0.05) is 12.1 Å². The molecule has 16 heavy (non-hydrogen) atoms. The number of nitrogens with two attached hydrogens (primary N) is 1. The van der Waals surface area contributed by atoms with Crippen molar-refractivity contribution >= 4 is 17.4 Å². The largest absolute Gasteiger partial charge is 0.381 e. The van der Waals surface area contributed by atoms with E-state index < -0.39 is 28.0 Å². The number of halogens is 4. The van der Waals surface area contributed by atoms with E-state index in [0.717, 1.165) is 6.07 Å². The first kappa shape index (κ1) is 10.8. The first-order chi connectivity index (χ1) is 7.50. The third-order valence-corrected chi connectivity index (χ3v) is 2.24. The number of hydrogen-bond acceptors (Lipinski definition) is 3. The van der Waals surface area contributed by atoms with Gasteiger partial charge in [-0.05, 0) is 0 Å². The average molecular weight is 249 g/mol. The smallest absolute Gasteiger partial charge is 0.175 e. The molecule has 0 aliphatic rings. The molecular weight excluding hydrogens is 245 g/mol. The van der Waals surface area contributed by atoms with Gasteiger partial charge in [-0.15, -0.1) is 0 Å². The van der Waals surface area contributed by atoms with Crippen LogP contribution < -0.4 is 5.73 Å². The van der Waals surface area contributed by atoms with E-state index in [1.54, 1.807) is 0 Å². The molecule has 0 saturated carbocycles. The molecule has 0 radical (unpaired) electrons. The molecule has 0 aliphatic carbocycles. The van der Waals surface area contributed by atoms with E-state index in [0.29, 0.717) is 6.07 Å². The summed E-state index contributed by atoms with van der Waals surface area (Å²) in [6.07, 6.45) is 0. The van der Waals surface area contributed by atoms with E-state index in [2.05, 4.69) is 9.68 Å². The van der Waals surface area contributed by atoms with Crippen LogP contribution in [0.4, 0.5) is 19.0 Å². The molecule has 7 heteroatoms. The summed E-state index contributed by atoms with van der Waals surface area (Å²) in [5.41, 5.74) is 4.63. The zero-order valence-corrected chi connectivity index (χ0v) is 8.36. The van der Waals surface area contributed by atoms with Gasteiger partial charge in [-0.25, -0.2) is 13.2 Å². The van der Waals surface area contributed by atoms with Crippen molar-refractivity contribution < 1.29 is 17.7 Å². The summed E-state index contributed by atoms with van der Waals surface area (Å²) in [5, 5.41) is 2.45. The van der Waals surface area contributed by atoms with Crippen LogP contribution in [0.5, 0.6) is 0 Å². The minimum atomic E-state index is -1.25. The number of rotatable bonds is 1. The van der Waals surface area contributed by atoms with Crippen LogP contribution in [0.15, 0.2) is 16.7 Å². The van der Waals surface area contributed by atoms with Crippen molar-refractivity contribution in [2.24, 2.45) is 0 Å². The maximum Gasteiger partial charge on any atom is 0.175 e. The average Bonchev–Trinajstić information content (AvgIpc) is 2.61. The molecule has 0 unspecified atom stereocenters. The zero-order valence-electron chi connectivity index (χ0n) is 7.60. The summed E-state index contributed by atoms with van der Waals surface area (Å²) >= 11 is 5.30. The van der Waals surface area contributed by atoms with Crippen LogP contribution in [0, 0.1) is 17.5 Å². The minimum Gasteiger partial charge on any atom is -0.381 e. The van der Waals surface area contributed by atoms with Gasteiger partial charge in [0.05, 0.1) is 5.56 Å². The normalized spacial score (nSPS) is 10.8. The fourth-order valence-corrected chi connectivity index (χ4v) is 1.35. The first-order valence-electron chi connectivity index (χ1n) is 4.06. The minimum absolute atomic E-state index is 0.0470. The maximum atomic E-state index is 13.5. The van der Waals surface area contributed by atoms with Gasteiger partial charge in [0.1, 0.15) is 16.7 Å². The van der Waals surface area contributed by atoms with Crippen molar-refractivity contribution in [3.05, 3.63) is 34.6 Å². The number of nitrogen functional groups attached to an aromatic ring is 1. The van der Waals surface area contributed by atoms with Crippen LogP contribution in [0.3, 0.4) is 0 Å². The van der Waals surface area contributed by atoms with E-state index in [4.69, 9.17) is 17.3 Å². The van der Waals surface area contributed by atoms with Gasteiger partial charge in [0.25, 0.3) is 0 Å². The maximum absolute atomic E-state index is 13.5. The highest BCUT2D eigenvalue weighted by Gasteiger charge is 2.21. The Morgan fingerprint density at radius 2 is 1.88 bits per heavy atom. The number of benzene rings is 1. The van der Waals surface area contributed by atoms with Gasteiger partial charge in [-0.1, -0.05) is 16.8 Å². The second-order valence-corrected chi connectivity index (χ2v) is 3.34. The third kappa shape index (κ3) is 1.61. The second kappa shape index (κ2) is 3.71. The van der Waals surface area contributed by atoms with E-state index in [1.165, 1.54) is 0 Å². The van der Waals surface area contributed by atoms with Crippen molar-refractivity contribution in [1.82, 2.24) is 5.16 Å². The number of anilines is 1. The van der Waals surface area contributed by atoms with Crippen LogP contribution >= 0.6 is 11.6 Å². The summed E-state index contributed by atoms with van der Waals surface area (Å²) in [6.45, 7) is 0. The first-order valence-corrected chi connectivity index (χ1v) is 4.44. The SMILES string of the molecule is Nc1cc(-c2c(F)cc(F)c(Cl)c2F)on1. The molecule has 0 saturated heterocycles. The fraction of sp³-hybridized carbons (Fsp3) is 0. The lowest BCUT2D eigenvalue weighted by molar-refractivity contribution is 0.429. The summed E-state index contributed by atoms with van der Waals surface area (Å²) in [5.74, 6) is -3.89. The number of aromatic nitrogens is 1. The lowest BCUT2D eigenvalue weighted by atomic mass is 10.1. The van der Waals surface area contributed by atoms with Crippen molar-refractivity contribution in [3.8, 4) is 11.3 Å². The highest BCUT2D eigenvalue weighted by atomic mass is 35.5. The molecule has 2 rings (SSSR count). The van der Waals surface area contributed by atoms with Crippen molar-refractivity contribution in [3.63, 3.8) is 0 Å². The van der Waals surface area contributed by atoms with E-state index in [1.807, 2.05) is 0 Å². The molecule has 0 spiro atoms. The molecule has 2 aromatic rings. The predicted molar refractivity (Wildman–Crippen MR) is 51.2 cm³/mol. The Kier molecular flexibility index (Phi) is 2.51. The summed E-state index contributed by atoms with van der Waals surface area (Å²) in [6, 6.07) is 1.56. The molecule has 1 aromatic carbocycles. The topological polar surface area (TPSA) is 52.0 Å². The van der Waals surface area contributed by atoms with Gasteiger partial charge in [0.15, 0.2) is 17.4 Å². The Balaban J connectivity index is 2.70. The third-order valence-electron chi connectivity index (χ3n) is 1.89. The number of hydrogen-bond donors (Lipinski definition) is 1. The Morgan fingerprint density at radius 1 is 1.19 bits per heavy atom. The molecule has 0 atom stereocenters. The molecule has 1 heterocycles. The molecule has 0 bridgehead atoms. The lowest BCUT2D eigenvalue weighted by Crippen LogP contribution is -1.93. The summed E-state index contributed by atoms with van der Waals surface area (Å²) in [4.78, 5) is 0. The van der Waals surface area contributed by atoms with Gasteiger partial charge < -0.3 is 10.3 Å². The highest BCUT2D eigenvalue weighted by molar-refractivity contribution is 6.31. The molecule has 1 aromatic heterocycles. The second-order valence-electron chi connectivity index (χ2n) is 2.96. The molecule has 0 aliphatic heterocycles. The van der Waals surface area contributed by atoms with Crippen molar-refractivity contribution in [2.45, 2.75) is 0 Å². The Labute approximate surface area is 92.6 Å². The van der Waals surface area contributed by atoms with Crippen molar-refractivity contribution in [1.29, 1.82) is 0 Å². The van der Waals surface area contributed by atoms with Gasteiger partial charge in [-0.2, -0.15) is 0 Å². The standard InChI is InChI=1S/C9H4ClF3N2O/c10-8-4(12)1-3(11)7(9(8)13)5-2-6(14)15-16-5/h1-2H,(H2,14,15). The monoisotopic (exact) mass is 248 g/mol. The Morgan fingerprint density at radius 3 is 2.44 bits per heavy atom. The van der Waals surface area contributed by atoms with Crippen LogP contribution in [0.2, 0.25) is 5.02 Å². The zero-order chi connectivity index (χ0) is 11.9. The van der Waals surface area contributed by atoms with Crippen LogP contribution in [-0.4, -0.2) is 5.16 Å². The van der Waals surface area contributed by atoms with Gasteiger partial charge >= 0.3 is 0 Å². The predicted octanol–water partition coefficient (Wildman–Crippen LogP) is 2.99. The quantitative estimate of drug-likeness (QED) is 0.623. The summed E-state index contributed by atoms with van der Waals surface area (Å²) in [7, 11) is 0. The molecule has 84 valence electrons. The molecule has 3 nitrogen and oxygen atoms in total. The fourth-order valence-electron chi connectivity index (χ4n) is 1.20. The van der Waals surface area contributed by atoms with E-state index >= 15 is 0 Å². The van der Waals surface area contributed by atoms with Gasteiger partial charge in [-0.3, -0.25) is 0 Å². The van der Waals surface area contributed by atoms with Crippen molar-refractivity contribution in [2.75, 3.05) is 5.73 Å². The van der Waals surface area contributed by atoms with Crippen LogP contribution in [0.25, 0.3) is 11.3 Å². The lowest BCUT2D eigenvalue weighted by Gasteiger charge is -2.03. The van der Waals surface area contributed by atoms with Crippen LogP contribution in [-0.2, 0) is 0 Å².